The Hall–Kier alpha value is -1.26. The molecule has 1 aromatic rings. The molecular formula is C12H16ClNO3. The number of carbonyl (C=O) groups excluding carboxylic acids is 1. The lowest BCUT2D eigenvalue weighted by Gasteiger charge is -2.15. The number of halogens is 1. The molecule has 0 aliphatic carbocycles. The molecule has 4 nitrogen and oxygen atoms in total. The van der Waals surface area contributed by atoms with Crippen LogP contribution < -0.4 is 10.1 Å². The molecular weight excluding hydrogens is 242 g/mol. The van der Waals surface area contributed by atoms with E-state index in [2.05, 4.69) is 5.32 Å². The van der Waals surface area contributed by atoms with E-state index in [1.54, 1.807) is 38.1 Å². The third-order valence-electron chi connectivity index (χ3n) is 2.07. The van der Waals surface area contributed by atoms with Crippen molar-refractivity contribution >= 4 is 17.5 Å². The average molecular weight is 258 g/mol. The Bertz CT molecular complexity index is 365. The van der Waals surface area contributed by atoms with Gasteiger partial charge in [-0.15, -0.1) is 0 Å². The Morgan fingerprint density at radius 2 is 2.00 bits per heavy atom. The van der Waals surface area contributed by atoms with E-state index >= 15 is 0 Å². The maximum atomic E-state index is 11.5. The first-order valence-electron chi connectivity index (χ1n) is 5.37. The summed E-state index contributed by atoms with van der Waals surface area (Å²) in [5, 5.41) is 12.2. The second kappa shape index (κ2) is 6.47. The van der Waals surface area contributed by atoms with Gasteiger partial charge in [0, 0.05) is 11.6 Å². The summed E-state index contributed by atoms with van der Waals surface area (Å²) in [7, 11) is 0. The van der Waals surface area contributed by atoms with Crippen molar-refractivity contribution < 1.29 is 14.6 Å². The van der Waals surface area contributed by atoms with Crippen LogP contribution in [0, 0.1) is 0 Å². The van der Waals surface area contributed by atoms with Crippen LogP contribution in [0.5, 0.6) is 5.75 Å². The fourth-order valence-electron chi connectivity index (χ4n) is 1.16. The first kappa shape index (κ1) is 13.8. The van der Waals surface area contributed by atoms with Gasteiger partial charge in [0.1, 0.15) is 5.75 Å². The van der Waals surface area contributed by atoms with Crippen LogP contribution in [-0.4, -0.2) is 29.8 Å². The molecule has 0 heterocycles. The van der Waals surface area contributed by atoms with E-state index < -0.39 is 12.2 Å². The van der Waals surface area contributed by atoms with E-state index in [0.717, 1.165) is 0 Å². The molecule has 1 amide bonds. The van der Waals surface area contributed by atoms with Crippen LogP contribution in [0.15, 0.2) is 24.3 Å². The summed E-state index contributed by atoms with van der Waals surface area (Å²) < 4.78 is 5.41. The van der Waals surface area contributed by atoms with E-state index in [1.165, 1.54) is 0 Å². The van der Waals surface area contributed by atoms with Gasteiger partial charge >= 0.3 is 0 Å². The largest absolute Gasteiger partial charge is 0.481 e. The minimum absolute atomic E-state index is 0.215. The van der Waals surface area contributed by atoms with Gasteiger partial charge in [-0.25, -0.2) is 0 Å². The van der Waals surface area contributed by atoms with E-state index in [-0.39, 0.29) is 12.5 Å². The number of ether oxygens (including phenoxy) is 1. The molecule has 0 bridgehead atoms. The lowest BCUT2D eigenvalue weighted by Crippen LogP contribution is -2.39. The van der Waals surface area contributed by atoms with Crippen molar-refractivity contribution in [2.24, 2.45) is 0 Å². The highest BCUT2D eigenvalue weighted by Crippen LogP contribution is 2.16. The fourth-order valence-corrected chi connectivity index (χ4v) is 1.29. The molecule has 0 aliphatic rings. The zero-order chi connectivity index (χ0) is 12.8. The van der Waals surface area contributed by atoms with Gasteiger partial charge in [-0.3, -0.25) is 4.79 Å². The van der Waals surface area contributed by atoms with Crippen LogP contribution in [0.1, 0.15) is 13.8 Å². The van der Waals surface area contributed by atoms with Crippen molar-refractivity contribution in [2.75, 3.05) is 6.54 Å². The van der Waals surface area contributed by atoms with Crippen LogP contribution in [-0.2, 0) is 4.79 Å². The van der Waals surface area contributed by atoms with Gasteiger partial charge in [0.2, 0.25) is 0 Å². The standard InChI is InChI=1S/C12H16ClNO3/c1-8(15)7-14-12(16)9(2)17-11-5-3-10(13)4-6-11/h3-6,8-9,15H,7H2,1-2H3,(H,14,16)/t8-,9?/m1/s1. The molecule has 1 aromatic carbocycles. The third-order valence-corrected chi connectivity index (χ3v) is 2.32. The van der Waals surface area contributed by atoms with E-state index in [0.29, 0.717) is 10.8 Å². The van der Waals surface area contributed by atoms with Gasteiger partial charge in [0.05, 0.1) is 6.10 Å². The summed E-state index contributed by atoms with van der Waals surface area (Å²) in [6.07, 6.45) is -1.18. The van der Waals surface area contributed by atoms with Gasteiger partial charge in [0.25, 0.3) is 5.91 Å². The molecule has 5 heteroatoms. The van der Waals surface area contributed by atoms with Gasteiger partial charge in [-0.2, -0.15) is 0 Å². The Morgan fingerprint density at radius 3 is 2.53 bits per heavy atom. The van der Waals surface area contributed by atoms with Crippen LogP contribution in [0.4, 0.5) is 0 Å². The molecule has 0 saturated heterocycles. The Morgan fingerprint density at radius 1 is 1.41 bits per heavy atom. The SMILES string of the molecule is CC(Oc1ccc(Cl)cc1)C(=O)NC[C@@H](C)O. The number of carbonyl (C=O) groups is 1. The number of nitrogens with one attached hydrogen (secondary N) is 1. The molecule has 2 N–H and O–H groups in total. The molecule has 0 spiro atoms. The van der Waals surface area contributed by atoms with Crippen LogP contribution >= 0.6 is 11.6 Å². The Labute approximate surface area is 106 Å². The molecule has 0 fully saturated rings. The van der Waals surface area contributed by atoms with Crippen molar-refractivity contribution in [1.82, 2.24) is 5.32 Å². The Balaban J connectivity index is 2.45. The van der Waals surface area contributed by atoms with Gasteiger partial charge in [-0.1, -0.05) is 11.6 Å². The summed E-state index contributed by atoms with van der Waals surface area (Å²) in [5.41, 5.74) is 0. The monoisotopic (exact) mass is 257 g/mol. The zero-order valence-corrected chi connectivity index (χ0v) is 10.6. The molecule has 94 valence electrons. The summed E-state index contributed by atoms with van der Waals surface area (Å²) in [4.78, 5) is 11.5. The van der Waals surface area contributed by atoms with E-state index in [9.17, 15) is 4.79 Å². The van der Waals surface area contributed by atoms with E-state index in [1.807, 2.05) is 0 Å². The summed E-state index contributed by atoms with van der Waals surface area (Å²) >= 11 is 5.73. The first-order chi connectivity index (χ1) is 7.99. The molecule has 0 saturated carbocycles. The topological polar surface area (TPSA) is 58.6 Å². The number of benzene rings is 1. The van der Waals surface area contributed by atoms with Crippen molar-refractivity contribution in [1.29, 1.82) is 0 Å². The molecule has 1 rings (SSSR count). The maximum Gasteiger partial charge on any atom is 0.260 e. The van der Waals surface area contributed by atoms with Crippen LogP contribution in [0.25, 0.3) is 0 Å². The number of rotatable bonds is 5. The minimum Gasteiger partial charge on any atom is -0.481 e. The number of hydrogen-bond donors (Lipinski definition) is 2. The third kappa shape index (κ3) is 5.06. The molecule has 1 unspecified atom stereocenters. The van der Waals surface area contributed by atoms with Gasteiger partial charge in [0.15, 0.2) is 6.10 Å². The molecule has 0 radical (unpaired) electrons. The van der Waals surface area contributed by atoms with Gasteiger partial charge < -0.3 is 15.2 Å². The van der Waals surface area contributed by atoms with Gasteiger partial charge in [-0.05, 0) is 38.1 Å². The smallest absolute Gasteiger partial charge is 0.260 e. The molecule has 2 atom stereocenters. The number of aliphatic hydroxyl groups is 1. The zero-order valence-electron chi connectivity index (χ0n) is 9.81. The quantitative estimate of drug-likeness (QED) is 0.843. The van der Waals surface area contributed by atoms with Crippen LogP contribution in [0.3, 0.4) is 0 Å². The second-order valence-corrected chi connectivity index (χ2v) is 4.24. The predicted molar refractivity (Wildman–Crippen MR) is 66.2 cm³/mol. The molecule has 17 heavy (non-hydrogen) atoms. The highest BCUT2D eigenvalue weighted by molar-refractivity contribution is 6.30. The van der Waals surface area contributed by atoms with Crippen LogP contribution in [0.2, 0.25) is 5.02 Å². The average Bonchev–Trinajstić information content (AvgIpc) is 2.28. The summed E-state index contributed by atoms with van der Waals surface area (Å²) in [6, 6.07) is 6.77. The lowest BCUT2D eigenvalue weighted by atomic mass is 10.3. The van der Waals surface area contributed by atoms with Crippen molar-refractivity contribution in [3.8, 4) is 5.75 Å². The molecule has 0 aliphatic heterocycles. The maximum absolute atomic E-state index is 11.5. The first-order valence-corrected chi connectivity index (χ1v) is 5.75. The van der Waals surface area contributed by atoms with Crippen molar-refractivity contribution in [2.45, 2.75) is 26.1 Å². The second-order valence-electron chi connectivity index (χ2n) is 3.81. The van der Waals surface area contributed by atoms with Crippen molar-refractivity contribution in [3.05, 3.63) is 29.3 Å². The van der Waals surface area contributed by atoms with E-state index in [4.69, 9.17) is 21.4 Å². The highest BCUT2D eigenvalue weighted by Gasteiger charge is 2.14. The summed E-state index contributed by atoms with van der Waals surface area (Å²) in [5.74, 6) is 0.315. The number of aliphatic hydroxyl groups excluding tert-OH is 1. The lowest BCUT2D eigenvalue weighted by molar-refractivity contribution is -0.127. The fraction of sp³-hybridized carbons (Fsp3) is 0.417. The number of amides is 1. The summed E-state index contributed by atoms with van der Waals surface area (Å²) in [6.45, 7) is 3.46. The number of hydrogen-bond acceptors (Lipinski definition) is 3. The highest BCUT2D eigenvalue weighted by atomic mass is 35.5. The molecule has 0 aromatic heterocycles. The van der Waals surface area contributed by atoms with Crippen molar-refractivity contribution in [3.63, 3.8) is 0 Å². The Kier molecular flexibility index (Phi) is 5.25. The predicted octanol–water partition coefficient (Wildman–Crippen LogP) is 1.60. The normalized spacial score (nSPS) is 13.9. The minimum atomic E-state index is -0.616.